The average molecular weight is 309 g/mol. The van der Waals surface area contributed by atoms with Crippen LogP contribution in [-0.2, 0) is 11.8 Å². The smallest absolute Gasteiger partial charge is 0.246 e. The molecule has 3 rings (SSSR count). The maximum absolute atomic E-state index is 12.5. The lowest BCUT2D eigenvalue weighted by molar-refractivity contribution is -0.127. The second-order valence-corrected chi connectivity index (χ2v) is 6.22. The fraction of sp³-hybridized carbons (Fsp3) is 0.368. The lowest BCUT2D eigenvalue weighted by Crippen LogP contribution is -2.38. The van der Waals surface area contributed by atoms with Crippen molar-refractivity contribution in [3.05, 3.63) is 59.7 Å². The van der Waals surface area contributed by atoms with Crippen molar-refractivity contribution in [3.8, 4) is 0 Å². The van der Waals surface area contributed by atoms with Gasteiger partial charge in [0.2, 0.25) is 5.91 Å². The molecular weight excluding hydrogens is 286 g/mol. The van der Waals surface area contributed by atoms with E-state index in [1.165, 1.54) is 0 Å². The number of likely N-dealkylation sites (tertiary alicyclic amines) is 1. The molecule has 0 spiro atoms. The molecule has 1 aliphatic rings. The number of rotatable bonds is 3. The Morgan fingerprint density at radius 2 is 2.09 bits per heavy atom. The zero-order chi connectivity index (χ0) is 16.2. The second-order valence-electron chi connectivity index (χ2n) is 6.22. The molecular formula is C19H23N3O. The monoisotopic (exact) mass is 309 g/mol. The van der Waals surface area contributed by atoms with E-state index in [2.05, 4.69) is 9.55 Å². The van der Waals surface area contributed by atoms with Crippen LogP contribution < -0.4 is 0 Å². The minimum absolute atomic E-state index is 0.0875. The fourth-order valence-corrected chi connectivity index (χ4v) is 3.24. The van der Waals surface area contributed by atoms with Gasteiger partial charge < -0.3 is 9.47 Å². The van der Waals surface area contributed by atoms with E-state index < -0.39 is 0 Å². The van der Waals surface area contributed by atoms with Gasteiger partial charge in [-0.25, -0.2) is 4.98 Å². The van der Waals surface area contributed by atoms with E-state index in [9.17, 15) is 4.79 Å². The van der Waals surface area contributed by atoms with Gasteiger partial charge >= 0.3 is 0 Å². The van der Waals surface area contributed by atoms with Crippen LogP contribution in [0, 0.1) is 6.92 Å². The van der Waals surface area contributed by atoms with Gasteiger partial charge in [-0.1, -0.05) is 30.3 Å². The molecule has 0 unspecified atom stereocenters. The van der Waals surface area contributed by atoms with Crippen LogP contribution in [0.15, 0.2) is 42.6 Å². The van der Waals surface area contributed by atoms with Crippen molar-refractivity contribution in [1.82, 2.24) is 14.5 Å². The molecule has 120 valence electrons. The molecule has 2 aromatic rings. The van der Waals surface area contributed by atoms with Crippen LogP contribution >= 0.6 is 0 Å². The maximum Gasteiger partial charge on any atom is 0.246 e. The lowest BCUT2D eigenvalue weighted by Gasteiger charge is -2.31. The highest BCUT2D eigenvalue weighted by Crippen LogP contribution is 2.26. The summed E-state index contributed by atoms with van der Waals surface area (Å²) >= 11 is 0. The number of nitrogens with zero attached hydrogens (tertiary/aromatic N) is 3. The quantitative estimate of drug-likeness (QED) is 0.817. The number of imidazole rings is 1. The van der Waals surface area contributed by atoms with Gasteiger partial charge in [0.25, 0.3) is 0 Å². The summed E-state index contributed by atoms with van der Waals surface area (Å²) in [6, 6.07) is 9.93. The van der Waals surface area contributed by atoms with Crippen LogP contribution in [0.1, 0.15) is 35.8 Å². The lowest BCUT2D eigenvalue weighted by atomic mass is 9.97. The number of hydrogen-bond donors (Lipinski definition) is 0. The van der Waals surface area contributed by atoms with Gasteiger partial charge in [0.05, 0.1) is 5.69 Å². The summed E-state index contributed by atoms with van der Waals surface area (Å²) in [7, 11) is 2.03. The van der Waals surface area contributed by atoms with Gasteiger partial charge in [-0.15, -0.1) is 0 Å². The Morgan fingerprint density at radius 3 is 2.78 bits per heavy atom. The van der Waals surface area contributed by atoms with Crippen LogP contribution in [0.25, 0.3) is 6.08 Å². The first-order valence-electron chi connectivity index (χ1n) is 8.15. The van der Waals surface area contributed by atoms with Crippen LogP contribution in [0.4, 0.5) is 0 Å². The van der Waals surface area contributed by atoms with Crippen molar-refractivity contribution < 1.29 is 4.79 Å². The third kappa shape index (κ3) is 3.70. The number of aromatic nitrogens is 2. The summed E-state index contributed by atoms with van der Waals surface area (Å²) < 4.78 is 2.09. The molecule has 4 heteroatoms. The molecule has 0 saturated carbocycles. The Balaban J connectivity index is 1.67. The van der Waals surface area contributed by atoms with Gasteiger partial charge in [-0.3, -0.25) is 4.79 Å². The summed E-state index contributed by atoms with van der Waals surface area (Å²) in [6.07, 6.45) is 7.74. The van der Waals surface area contributed by atoms with Crippen LogP contribution in [0.5, 0.6) is 0 Å². The van der Waals surface area contributed by atoms with Crippen molar-refractivity contribution in [2.75, 3.05) is 13.1 Å². The Hall–Kier alpha value is -2.36. The summed E-state index contributed by atoms with van der Waals surface area (Å²) in [4.78, 5) is 19.0. The van der Waals surface area contributed by atoms with Gasteiger partial charge in [-0.05, 0) is 31.4 Å². The molecule has 1 aromatic heterocycles. The molecule has 2 heterocycles. The summed E-state index contributed by atoms with van der Waals surface area (Å²) in [5.41, 5.74) is 2.09. The molecule has 0 radical (unpaired) electrons. The predicted molar refractivity (Wildman–Crippen MR) is 92.0 cm³/mol. The van der Waals surface area contributed by atoms with E-state index in [0.717, 1.165) is 43.0 Å². The number of hydrogen-bond acceptors (Lipinski definition) is 2. The number of carbonyl (C=O) groups excluding carboxylic acids is 1. The molecule has 23 heavy (non-hydrogen) atoms. The van der Waals surface area contributed by atoms with Crippen LogP contribution in [0.3, 0.4) is 0 Å². The number of benzene rings is 1. The summed E-state index contributed by atoms with van der Waals surface area (Å²) in [6.45, 7) is 3.60. The summed E-state index contributed by atoms with van der Waals surface area (Å²) in [5.74, 6) is 1.51. The normalized spacial score (nSPS) is 18.5. The average Bonchev–Trinajstić information content (AvgIpc) is 2.92. The molecule has 1 aromatic carbocycles. The fourth-order valence-electron chi connectivity index (χ4n) is 3.24. The third-order valence-corrected chi connectivity index (χ3v) is 4.35. The van der Waals surface area contributed by atoms with Crippen LogP contribution in [-0.4, -0.2) is 33.4 Å². The van der Waals surface area contributed by atoms with Crippen LogP contribution in [0.2, 0.25) is 0 Å². The largest absolute Gasteiger partial charge is 0.338 e. The molecule has 4 nitrogen and oxygen atoms in total. The molecule has 0 bridgehead atoms. The van der Waals surface area contributed by atoms with Gasteiger partial charge in [-0.2, -0.15) is 0 Å². The van der Waals surface area contributed by atoms with Gasteiger partial charge in [0.15, 0.2) is 0 Å². The predicted octanol–water partition coefficient (Wildman–Crippen LogP) is 3.15. The van der Waals surface area contributed by atoms with Gasteiger partial charge in [0.1, 0.15) is 5.82 Å². The molecule has 1 saturated heterocycles. The molecule has 0 aliphatic carbocycles. The van der Waals surface area contributed by atoms with E-state index in [1.54, 1.807) is 6.08 Å². The first-order chi connectivity index (χ1) is 11.1. The first-order valence-corrected chi connectivity index (χ1v) is 8.15. The highest BCUT2D eigenvalue weighted by molar-refractivity contribution is 5.91. The number of aryl methyl sites for hydroxylation is 2. The van der Waals surface area contributed by atoms with E-state index in [-0.39, 0.29) is 5.91 Å². The number of amides is 1. The zero-order valence-electron chi connectivity index (χ0n) is 13.8. The Morgan fingerprint density at radius 1 is 1.30 bits per heavy atom. The van der Waals surface area contributed by atoms with Crippen molar-refractivity contribution in [3.63, 3.8) is 0 Å². The standard InChI is InChI=1S/C19H23N3O/c1-15-13-21(2)19(20-15)17-9-6-12-22(14-17)18(23)11-10-16-7-4-3-5-8-16/h3-5,7-8,10-11,13,17H,6,9,12,14H2,1-2H3/b11-10+/t17-/m1/s1. The molecule has 1 aliphatic heterocycles. The molecule has 0 N–H and O–H groups in total. The minimum Gasteiger partial charge on any atom is -0.338 e. The highest BCUT2D eigenvalue weighted by atomic mass is 16.2. The second kappa shape index (κ2) is 6.82. The third-order valence-electron chi connectivity index (χ3n) is 4.35. The highest BCUT2D eigenvalue weighted by Gasteiger charge is 2.26. The topological polar surface area (TPSA) is 38.1 Å². The van der Waals surface area contributed by atoms with Crippen molar-refractivity contribution in [2.45, 2.75) is 25.7 Å². The minimum atomic E-state index is 0.0875. The molecule has 1 fully saturated rings. The maximum atomic E-state index is 12.5. The van der Waals surface area contributed by atoms with Crippen molar-refractivity contribution in [1.29, 1.82) is 0 Å². The first kappa shape index (κ1) is 15.5. The SMILES string of the molecule is Cc1cn(C)c([C@@H]2CCCN(C(=O)/C=C/c3ccccc3)C2)n1. The molecule has 1 atom stereocenters. The van der Waals surface area contributed by atoms with E-state index in [0.29, 0.717) is 5.92 Å². The summed E-state index contributed by atoms with van der Waals surface area (Å²) in [5, 5.41) is 0. The number of piperidine rings is 1. The van der Waals surface area contributed by atoms with Crippen molar-refractivity contribution in [2.24, 2.45) is 7.05 Å². The van der Waals surface area contributed by atoms with Gasteiger partial charge in [0, 0.05) is 38.3 Å². The van der Waals surface area contributed by atoms with E-state index in [4.69, 9.17) is 0 Å². The van der Waals surface area contributed by atoms with Crippen molar-refractivity contribution >= 4 is 12.0 Å². The van der Waals surface area contributed by atoms with E-state index in [1.807, 2.05) is 61.5 Å². The van der Waals surface area contributed by atoms with E-state index >= 15 is 0 Å². The Labute approximate surface area is 137 Å². The Bertz CT molecular complexity index is 703. The Kier molecular flexibility index (Phi) is 4.60. The zero-order valence-corrected chi connectivity index (χ0v) is 13.8. The number of carbonyl (C=O) groups is 1. The molecule has 1 amide bonds.